The van der Waals surface area contributed by atoms with Crippen molar-refractivity contribution < 1.29 is 4.39 Å². The number of aromatic nitrogens is 1. The summed E-state index contributed by atoms with van der Waals surface area (Å²) in [5.41, 5.74) is 0.958. The number of halogens is 1. The van der Waals surface area contributed by atoms with Gasteiger partial charge < -0.3 is 4.90 Å². The lowest BCUT2D eigenvalue weighted by Crippen LogP contribution is -2.25. The Labute approximate surface area is 87.5 Å². The van der Waals surface area contributed by atoms with E-state index in [0.29, 0.717) is 0 Å². The van der Waals surface area contributed by atoms with Crippen LogP contribution in [-0.4, -0.2) is 29.6 Å². The van der Waals surface area contributed by atoms with E-state index in [4.69, 9.17) is 0 Å². The first-order valence-electron chi connectivity index (χ1n) is 4.80. The summed E-state index contributed by atoms with van der Waals surface area (Å²) in [7, 11) is 0. The highest BCUT2D eigenvalue weighted by atomic mass is 32.2. The molecule has 1 saturated heterocycles. The fourth-order valence-electron chi connectivity index (χ4n) is 1.59. The van der Waals surface area contributed by atoms with Gasteiger partial charge in [-0.15, -0.1) is 0 Å². The van der Waals surface area contributed by atoms with Gasteiger partial charge in [-0.3, -0.25) is 0 Å². The Morgan fingerprint density at radius 2 is 2.29 bits per heavy atom. The van der Waals surface area contributed by atoms with Crippen LogP contribution in [-0.2, 0) is 0 Å². The summed E-state index contributed by atoms with van der Waals surface area (Å²) in [6.45, 7) is 2.03. The van der Waals surface area contributed by atoms with Crippen LogP contribution in [0.5, 0.6) is 0 Å². The van der Waals surface area contributed by atoms with Gasteiger partial charge in [-0.25, -0.2) is 4.98 Å². The molecule has 76 valence electrons. The Kier molecular flexibility index (Phi) is 3.24. The molecule has 1 aromatic rings. The Morgan fingerprint density at radius 1 is 1.36 bits per heavy atom. The quantitative estimate of drug-likeness (QED) is 0.664. The predicted octanol–water partition coefficient (Wildman–Crippen LogP) is 2.16. The molecule has 0 radical (unpaired) electrons. The second-order valence-electron chi connectivity index (χ2n) is 3.29. The maximum absolute atomic E-state index is 12.9. The van der Waals surface area contributed by atoms with Crippen LogP contribution in [0.3, 0.4) is 0 Å². The first kappa shape index (κ1) is 9.77. The van der Waals surface area contributed by atoms with E-state index < -0.39 is 0 Å². The van der Waals surface area contributed by atoms with Gasteiger partial charge in [0.25, 0.3) is 0 Å². The Hall–Kier alpha value is -0.770. The number of pyridine rings is 1. The van der Waals surface area contributed by atoms with Gasteiger partial charge in [0.15, 0.2) is 0 Å². The van der Waals surface area contributed by atoms with Crippen molar-refractivity contribution in [2.75, 3.05) is 29.5 Å². The maximum atomic E-state index is 12.9. The number of rotatable bonds is 1. The SMILES string of the molecule is Fc1cc(N2CCCSCC2)ccn1. The summed E-state index contributed by atoms with van der Waals surface area (Å²) in [6, 6.07) is 3.38. The number of nitrogens with zero attached hydrogens (tertiary/aromatic N) is 2. The molecule has 0 saturated carbocycles. The van der Waals surface area contributed by atoms with Crippen molar-refractivity contribution in [1.29, 1.82) is 0 Å². The van der Waals surface area contributed by atoms with Crippen LogP contribution < -0.4 is 4.90 Å². The van der Waals surface area contributed by atoms with Gasteiger partial charge in [0.2, 0.25) is 5.95 Å². The van der Waals surface area contributed by atoms with E-state index in [1.54, 1.807) is 0 Å². The molecule has 1 fully saturated rings. The first-order chi connectivity index (χ1) is 6.86. The third-order valence-corrected chi connectivity index (χ3v) is 3.35. The van der Waals surface area contributed by atoms with Gasteiger partial charge in [0.1, 0.15) is 0 Å². The smallest absolute Gasteiger partial charge is 0.214 e. The third kappa shape index (κ3) is 2.38. The number of hydrogen-bond acceptors (Lipinski definition) is 3. The fourth-order valence-corrected chi connectivity index (χ4v) is 2.48. The van der Waals surface area contributed by atoms with E-state index in [1.807, 2.05) is 17.8 Å². The monoisotopic (exact) mass is 212 g/mol. The molecule has 0 spiro atoms. The zero-order valence-electron chi connectivity index (χ0n) is 7.95. The number of thioether (sulfide) groups is 1. The minimum absolute atomic E-state index is 0.389. The molecule has 0 N–H and O–H groups in total. The van der Waals surface area contributed by atoms with E-state index in [2.05, 4.69) is 9.88 Å². The van der Waals surface area contributed by atoms with Crippen molar-refractivity contribution in [2.45, 2.75) is 6.42 Å². The van der Waals surface area contributed by atoms with E-state index >= 15 is 0 Å². The van der Waals surface area contributed by atoms with E-state index in [-0.39, 0.29) is 5.95 Å². The first-order valence-corrected chi connectivity index (χ1v) is 5.96. The van der Waals surface area contributed by atoms with E-state index in [9.17, 15) is 4.39 Å². The summed E-state index contributed by atoms with van der Waals surface area (Å²) in [5, 5.41) is 0. The molecule has 0 aliphatic carbocycles. The molecule has 2 rings (SSSR count). The summed E-state index contributed by atoms with van der Waals surface area (Å²) < 4.78 is 12.9. The molecule has 0 unspecified atom stereocenters. The summed E-state index contributed by atoms with van der Waals surface area (Å²) in [5.74, 6) is 1.95. The predicted molar refractivity (Wildman–Crippen MR) is 58.4 cm³/mol. The van der Waals surface area contributed by atoms with Crippen LogP contribution >= 0.6 is 11.8 Å². The Morgan fingerprint density at radius 3 is 3.14 bits per heavy atom. The second-order valence-corrected chi connectivity index (χ2v) is 4.51. The molecular weight excluding hydrogens is 199 g/mol. The summed E-state index contributed by atoms with van der Waals surface area (Å²) in [4.78, 5) is 5.79. The van der Waals surface area contributed by atoms with Gasteiger partial charge in [-0.1, -0.05) is 0 Å². The molecule has 0 aromatic carbocycles. The third-order valence-electron chi connectivity index (χ3n) is 2.30. The van der Waals surface area contributed by atoms with Gasteiger partial charge in [0.05, 0.1) is 0 Å². The van der Waals surface area contributed by atoms with Crippen molar-refractivity contribution in [3.8, 4) is 0 Å². The Bertz CT molecular complexity index is 298. The van der Waals surface area contributed by atoms with Crippen molar-refractivity contribution in [2.24, 2.45) is 0 Å². The molecule has 14 heavy (non-hydrogen) atoms. The van der Waals surface area contributed by atoms with E-state index in [0.717, 1.165) is 24.5 Å². The molecule has 2 nitrogen and oxygen atoms in total. The second kappa shape index (κ2) is 4.64. The van der Waals surface area contributed by atoms with Crippen molar-refractivity contribution >= 4 is 17.4 Å². The summed E-state index contributed by atoms with van der Waals surface area (Å²) >= 11 is 1.97. The topological polar surface area (TPSA) is 16.1 Å². The maximum Gasteiger partial charge on any atom is 0.214 e. The number of hydrogen-bond donors (Lipinski definition) is 0. The molecule has 0 atom stereocenters. The normalized spacial score (nSPS) is 17.9. The molecular formula is C10H13FN2S. The van der Waals surface area contributed by atoms with Crippen LogP contribution in [0.4, 0.5) is 10.1 Å². The van der Waals surface area contributed by atoms with Crippen LogP contribution in [0.15, 0.2) is 18.3 Å². The molecule has 0 bridgehead atoms. The average molecular weight is 212 g/mol. The van der Waals surface area contributed by atoms with Crippen LogP contribution in [0.1, 0.15) is 6.42 Å². The van der Waals surface area contributed by atoms with Gasteiger partial charge in [0, 0.05) is 36.8 Å². The molecule has 2 heterocycles. The van der Waals surface area contributed by atoms with Gasteiger partial charge in [-0.2, -0.15) is 16.2 Å². The van der Waals surface area contributed by atoms with Crippen LogP contribution in [0.2, 0.25) is 0 Å². The molecule has 0 amide bonds. The van der Waals surface area contributed by atoms with Crippen molar-refractivity contribution in [1.82, 2.24) is 4.98 Å². The lowest BCUT2D eigenvalue weighted by molar-refractivity contribution is 0.583. The summed E-state index contributed by atoms with van der Waals surface area (Å²) in [6.07, 6.45) is 2.71. The average Bonchev–Trinajstić information content (AvgIpc) is 2.45. The van der Waals surface area contributed by atoms with Gasteiger partial charge in [-0.05, 0) is 18.2 Å². The highest BCUT2D eigenvalue weighted by molar-refractivity contribution is 7.99. The largest absolute Gasteiger partial charge is 0.371 e. The van der Waals surface area contributed by atoms with Crippen molar-refractivity contribution in [3.05, 3.63) is 24.3 Å². The zero-order chi connectivity index (χ0) is 9.80. The van der Waals surface area contributed by atoms with Crippen LogP contribution in [0, 0.1) is 5.95 Å². The highest BCUT2D eigenvalue weighted by Gasteiger charge is 2.10. The molecule has 4 heteroatoms. The molecule has 1 aromatic heterocycles. The number of anilines is 1. The van der Waals surface area contributed by atoms with Gasteiger partial charge >= 0.3 is 0 Å². The minimum atomic E-state index is -0.389. The lowest BCUT2D eigenvalue weighted by atomic mass is 10.3. The zero-order valence-corrected chi connectivity index (χ0v) is 8.76. The lowest BCUT2D eigenvalue weighted by Gasteiger charge is -2.21. The molecule has 1 aliphatic rings. The van der Waals surface area contributed by atoms with E-state index in [1.165, 1.54) is 24.4 Å². The van der Waals surface area contributed by atoms with Crippen LogP contribution in [0.25, 0.3) is 0 Å². The Balaban J connectivity index is 2.12. The standard InChI is InChI=1S/C10H13FN2S/c11-10-8-9(2-3-12-10)13-4-1-6-14-7-5-13/h2-3,8H,1,4-7H2. The highest BCUT2D eigenvalue weighted by Crippen LogP contribution is 2.18. The minimum Gasteiger partial charge on any atom is -0.371 e. The fraction of sp³-hybridized carbons (Fsp3) is 0.500. The van der Waals surface area contributed by atoms with Crippen molar-refractivity contribution in [3.63, 3.8) is 0 Å². The molecule has 1 aliphatic heterocycles.